The summed E-state index contributed by atoms with van der Waals surface area (Å²) in [5.74, 6) is 1.71. The molecule has 1 aliphatic rings. The molecule has 2 aromatic heterocycles. The zero-order valence-electron chi connectivity index (χ0n) is 10.7. The minimum Gasteiger partial charge on any atom is -0.364 e. The van der Waals surface area contributed by atoms with Gasteiger partial charge in [-0.2, -0.15) is 0 Å². The Morgan fingerprint density at radius 3 is 3.28 bits per heavy atom. The van der Waals surface area contributed by atoms with Crippen molar-refractivity contribution in [1.82, 2.24) is 19.6 Å². The molecule has 5 nitrogen and oxygen atoms in total. The first kappa shape index (κ1) is 11.4. The normalized spacial score (nSPS) is 24.3. The fourth-order valence-electron chi connectivity index (χ4n) is 2.85. The Labute approximate surface area is 107 Å². The molecule has 2 unspecified atom stereocenters. The number of anilines is 1. The van der Waals surface area contributed by atoms with Crippen LogP contribution in [0, 0.1) is 5.92 Å². The minimum atomic E-state index is 0.527. The number of nitrogens with one attached hydrogen (secondary N) is 1. The Kier molecular flexibility index (Phi) is 3.13. The van der Waals surface area contributed by atoms with E-state index in [1.807, 2.05) is 10.6 Å². The summed E-state index contributed by atoms with van der Waals surface area (Å²) >= 11 is 0. The molecule has 0 aromatic carbocycles. The monoisotopic (exact) mass is 245 g/mol. The van der Waals surface area contributed by atoms with Crippen LogP contribution in [-0.2, 0) is 0 Å². The highest BCUT2D eigenvalue weighted by Crippen LogP contribution is 2.28. The summed E-state index contributed by atoms with van der Waals surface area (Å²) in [6.07, 6.45) is 11.8. The van der Waals surface area contributed by atoms with Crippen LogP contribution in [0.25, 0.3) is 5.65 Å². The highest BCUT2D eigenvalue weighted by Gasteiger charge is 2.21. The molecule has 0 saturated heterocycles. The van der Waals surface area contributed by atoms with Gasteiger partial charge in [0.25, 0.3) is 0 Å². The van der Waals surface area contributed by atoms with Crippen LogP contribution in [0.5, 0.6) is 0 Å². The van der Waals surface area contributed by atoms with Crippen LogP contribution < -0.4 is 5.32 Å². The van der Waals surface area contributed by atoms with Crippen LogP contribution in [0.1, 0.15) is 39.0 Å². The van der Waals surface area contributed by atoms with Crippen molar-refractivity contribution in [2.75, 3.05) is 5.32 Å². The van der Waals surface area contributed by atoms with Crippen molar-refractivity contribution in [3.8, 4) is 0 Å². The fourth-order valence-corrected chi connectivity index (χ4v) is 2.85. The van der Waals surface area contributed by atoms with E-state index in [1.54, 1.807) is 12.5 Å². The molecule has 5 heteroatoms. The number of rotatable bonds is 3. The van der Waals surface area contributed by atoms with Gasteiger partial charge in [0.15, 0.2) is 5.82 Å². The molecule has 2 aromatic rings. The number of hydrogen-bond acceptors (Lipinski definition) is 4. The molecule has 2 atom stereocenters. The van der Waals surface area contributed by atoms with Crippen LogP contribution in [0.4, 0.5) is 5.82 Å². The third-order valence-corrected chi connectivity index (χ3v) is 3.92. The molecule has 0 bridgehead atoms. The van der Waals surface area contributed by atoms with E-state index in [0.29, 0.717) is 6.04 Å². The Bertz CT molecular complexity index is 521. The lowest BCUT2D eigenvalue weighted by Crippen LogP contribution is -2.27. The molecule has 0 radical (unpaired) electrons. The number of fused-ring (bicyclic) bond motifs is 1. The highest BCUT2D eigenvalue weighted by atomic mass is 15.2. The Hall–Kier alpha value is -1.65. The zero-order chi connectivity index (χ0) is 12.4. The number of nitrogens with zero attached hydrogens (tertiary/aromatic N) is 4. The molecule has 18 heavy (non-hydrogen) atoms. The van der Waals surface area contributed by atoms with Crippen LogP contribution in [0.3, 0.4) is 0 Å². The van der Waals surface area contributed by atoms with E-state index in [2.05, 4.69) is 27.4 Å². The number of hydrogen-bond donors (Lipinski definition) is 1. The number of aromatic nitrogens is 4. The van der Waals surface area contributed by atoms with Gasteiger partial charge in [-0.1, -0.05) is 26.2 Å². The summed E-state index contributed by atoms with van der Waals surface area (Å²) in [5, 5.41) is 11.6. The third kappa shape index (κ3) is 2.17. The molecule has 0 amide bonds. The molecular weight excluding hydrogens is 226 g/mol. The third-order valence-electron chi connectivity index (χ3n) is 3.92. The van der Waals surface area contributed by atoms with Crippen molar-refractivity contribution >= 4 is 11.5 Å². The second-order valence-electron chi connectivity index (χ2n) is 5.12. The van der Waals surface area contributed by atoms with Crippen LogP contribution in [0.15, 0.2) is 18.7 Å². The van der Waals surface area contributed by atoms with E-state index >= 15 is 0 Å². The molecule has 3 rings (SSSR count). The van der Waals surface area contributed by atoms with Crippen molar-refractivity contribution in [3.05, 3.63) is 18.7 Å². The maximum Gasteiger partial charge on any atom is 0.203 e. The topological polar surface area (TPSA) is 55.1 Å². The lowest BCUT2D eigenvalue weighted by Gasteiger charge is -2.29. The maximum absolute atomic E-state index is 4.39. The lowest BCUT2D eigenvalue weighted by atomic mass is 9.84. The Balaban J connectivity index is 1.77. The molecule has 0 spiro atoms. The van der Waals surface area contributed by atoms with E-state index in [1.165, 1.54) is 32.1 Å². The minimum absolute atomic E-state index is 0.527. The largest absolute Gasteiger partial charge is 0.364 e. The average Bonchev–Trinajstić information content (AvgIpc) is 2.88. The predicted octanol–water partition coefficient (Wildman–Crippen LogP) is 2.51. The standard InChI is InChI=1S/C13H19N5/c1-2-10-4-3-5-11(8-10)16-12-13-17-15-9-18(13)7-6-14-12/h6-7,9-11H,2-5,8H2,1H3,(H,14,16). The van der Waals surface area contributed by atoms with Gasteiger partial charge in [0.2, 0.25) is 5.65 Å². The zero-order valence-corrected chi connectivity index (χ0v) is 10.7. The van der Waals surface area contributed by atoms with Crippen LogP contribution in [0.2, 0.25) is 0 Å². The summed E-state index contributed by atoms with van der Waals surface area (Å²) in [6, 6.07) is 0.527. The second kappa shape index (κ2) is 4.92. The van der Waals surface area contributed by atoms with Crippen molar-refractivity contribution in [2.45, 2.75) is 45.1 Å². The van der Waals surface area contributed by atoms with Gasteiger partial charge < -0.3 is 5.32 Å². The maximum atomic E-state index is 4.39. The van der Waals surface area contributed by atoms with Gasteiger partial charge in [-0.15, -0.1) is 10.2 Å². The van der Waals surface area contributed by atoms with E-state index in [4.69, 9.17) is 0 Å². The molecule has 1 N–H and O–H groups in total. The Morgan fingerprint density at radius 2 is 2.39 bits per heavy atom. The smallest absolute Gasteiger partial charge is 0.203 e. The summed E-state index contributed by atoms with van der Waals surface area (Å²) in [5.41, 5.74) is 0.816. The van der Waals surface area contributed by atoms with Gasteiger partial charge in [0.1, 0.15) is 6.33 Å². The molecule has 2 heterocycles. The highest BCUT2D eigenvalue weighted by molar-refractivity contribution is 5.61. The van der Waals surface area contributed by atoms with Gasteiger partial charge in [0.05, 0.1) is 0 Å². The van der Waals surface area contributed by atoms with Crippen molar-refractivity contribution < 1.29 is 0 Å². The van der Waals surface area contributed by atoms with Crippen molar-refractivity contribution in [2.24, 2.45) is 5.92 Å². The van der Waals surface area contributed by atoms with E-state index < -0.39 is 0 Å². The van der Waals surface area contributed by atoms with Gasteiger partial charge in [-0.25, -0.2) is 4.98 Å². The molecular formula is C13H19N5. The van der Waals surface area contributed by atoms with E-state index in [-0.39, 0.29) is 0 Å². The molecule has 96 valence electrons. The molecule has 0 aliphatic heterocycles. The van der Waals surface area contributed by atoms with E-state index in [9.17, 15) is 0 Å². The van der Waals surface area contributed by atoms with Gasteiger partial charge in [-0.3, -0.25) is 4.40 Å². The fraction of sp³-hybridized carbons (Fsp3) is 0.615. The lowest BCUT2D eigenvalue weighted by molar-refractivity contribution is 0.327. The summed E-state index contributed by atoms with van der Waals surface area (Å²) in [6.45, 7) is 2.28. The predicted molar refractivity (Wildman–Crippen MR) is 70.4 cm³/mol. The first-order chi connectivity index (χ1) is 8.86. The van der Waals surface area contributed by atoms with Gasteiger partial charge in [-0.05, 0) is 18.8 Å². The van der Waals surface area contributed by atoms with Crippen LogP contribution in [-0.4, -0.2) is 25.6 Å². The summed E-state index contributed by atoms with van der Waals surface area (Å²) < 4.78 is 1.90. The SMILES string of the molecule is CCC1CCCC(Nc2nccn3cnnc23)C1. The molecule has 1 aliphatic carbocycles. The van der Waals surface area contributed by atoms with E-state index in [0.717, 1.165) is 17.4 Å². The van der Waals surface area contributed by atoms with Gasteiger partial charge >= 0.3 is 0 Å². The first-order valence-corrected chi connectivity index (χ1v) is 6.77. The van der Waals surface area contributed by atoms with Crippen molar-refractivity contribution in [3.63, 3.8) is 0 Å². The first-order valence-electron chi connectivity index (χ1n) is 6.77. The average molecular weight is 245 g/mol. The molecule has 1 fully saturated rings. The van der Waals surface area contributed by atoms with Gasteiger partial charge in [0, 0.05) is 18.4 Å². The second-order valence-corrected chi connectivity index (χ2v) is 5.12. The van der Waals surface area contributed by atoms with Crippen molar-refractivity contribution in [1.29, 1.82) is 0 Å². The van der Waals surface area contributed by atoms with Crippen LogP contribution >= 0.6 is 0 Å². The molecule has 1 saturated carbocycles. The quantitative estimate of drug-likeness (QED) is 0.902. The summed E-state index contributed by atoms with van der Waals surface area (Å²) in [4.78, 5) is 4.39. The Morgan fingerprint density at radius 1 is 1.44 bits per heavy atom. The summed E-state index contributed by atoms with van der Waals surface area (Å²) in [7, 11) is 0.